The Bertz CT molecular complexity index is 342. The van der Waals surface area contributed by atoms with Crippen molar-refractivity contribution in [1.29, 1.82) is 0 Å². The molecule has 3 unspecified atom stereocenters. The SMILES string of the molecule is CC1SC(CCCc2ccc(Cl)cc2)CC1F. The number of aryl methyl sites for hydroxylation is 1. The Balaban J connectivity index is 1.71. The highest BCUT2D eigenvalue weighted by molar-refractivity contribution is 8.00. The summed E-state index contributed by atoms with van der Waals surface area (Å²) >= 11 is 7.65. The molecule has 1 aromatic rings. The quantitative estimate of drug-likeness (QED) is 0.752. The minimum Gasteiger partial charge on any atom is -0.246 e. The van der Waals surface area contributed by atoms with Crippen molar-refractivity contribution in [3.8, 4) is 0 Å². The summed E-state index contributed by atoms with van der Waals surface area (Å²) < 4.78 is 13.3. The van der Waals surface area contributed by atoms with Gasteiger partial charge < -0.3 is 0 Å². The first kappa shape index (κ1) is 13.2. The van der Waals surface area contributed by atoms with Crippen molar-refractivity contribution in [2.75, 3.05) is 0 Å². The molecule has 2 rings (SSSR count). The molecule has 0 spiro atoms. The van der Waals surface area contributed by atoms with E-state index in [0.29, 0.717) is 5.25 Å². The molecule has 1 aromatic carbocycles. The first-order valence-electron chi connectivity index (χ1n) is 6.19. The molecule has 17 heavy (non-hydrogen) atoms. The van der Waals surface area contributed by atoms with E-state index >= 15 is 0 Å². The number of alkyl halides is 1. The Kier molecular flexibility index (Phi) is 4.75. The summed E-state index contributed by atoms with van der Waals surface area (Å²) in [5, 5.41) is 1.50. The van der Waals surface area contributed by atoms with Crippen LogP contribution in [0.25, 0.3) is 0 Å². The normalized spacial score (nSPS) is 28.5. The van der Waals surface area contributed by atoms with Crippen LogP contribution in [0.3, 0.4) is 0 Å². The maximum atomic E-state index is 13.3. The first-order valence-corrected chi connectivity index (χ1v) is 7.51. The van der Waals surface area contributed by atoms with Crippen LogP contribution < -0.4 is 0 Å². The predicted molar refractivity (Wildman–Crippen MR) is 74.7 cm³/mol. The van der Waals surface area contributed by atoms with Gasteiger partial charge in [0.05, 0.1) is 0 Å². The molecule has 3 atom stereocenters. The fourth-order valence-electron chi connectivity index (χ4n) is 2.26. The molecule has 1 aliphatic rings. The predicted octanol–water partition coefficient (Wildman–Crippen LogP) is 4.89. The minimum absolute atomic E-state index is 0.190. The molecule has 0 aliphatic carbocycles. The highest BCUT2D eigenvalue weighted by Gasteiger charge is 2.31. The van der Waals surface area contributed by atoms with Gasteiger partial charge in [-0.1, -0.05) is 30.7 Å². The van der Waals surface area contributed by atoms with Crippen molar-refractivity contribution >= 4 is 23.4 Å². The lowest BCUT2D eigenvalue weighted by Crippen LogP contribution is -2.06. The van der Waals surface area contributed by atoms with Crippen LogP contribution in [0.4, 0.5) is 4.39 Å². The minimum atomic E-state index is -0.597. The highest BCUT2D eigenvalue weighted by atomic mass is 35.5. The van der Waals surface area contributed by atoms with Crippen LogP contribution in [0.5, 0.6) is 0 Å². The molecule has 1 heterocycles. The second-order valence-corrected chi connectivity index (χ2v) is 6.85. The molecule has 0 N–H and O–H groups in total. The smallest absolute Gasteiger partial charge is 0.113 e. The van der Waals surface area contributed by atoms with Gasteiger partial charge in [0.15, 0.2) is 0 Å². The van der Waals surface area contributed by atoms with Crippen molar-refractivity contribution in [1.82, 2.24) is 0 Å². The number of halogens is 2. The zero-order valence-corrected chi connectivity index (χ0v) is 11.6. The summed E-state index contributed by atoms with van der Waals surface area (Å²) in [6, 6.07) is 8.01. The van der Waals surface area contributed by atoms with Gasteiger partial charge in [0.1, 0.15) is 6.17 Å². The molecule has 1 saturated heterocycles. The Labute approximate surface area is 112 Å². The zero-order chi connectivity index (χ0) is 12.3. The molecule has 0 amide bonds. The molecule has 0 aromatic heterocycles. The molecular weight excluding hydrogens is 255 g/mol. The third-order valence-electron chi connectivity index (χ3n) is 3.31. The largest absolute Gasteiger partial charge is 0.246 e. The van der Waals surface area contributed by atoms with Crippen LogP contribution in [-0.2, 0) is 6.42 Å². The number of benzene rings is 1. The summed E-state index contributed by atoms with van der Waals surface area (Å²) in [7, 11) is 0. The molecule has 0 radical (unpaired) electrons. The Hall–Kier alpha value is -0.210. The summed E-state index contributed by atoms with van der Waals surface area (Å²) in [5.41, 5.74) is 1.32. The van der Waals surface area contributed by atoms with Crippen LogP contribution in [0.15, 0.2) is 24.3 Å². The van der Waals surface area contributed by atoms with Crippen LogP contribution in [-0.4, -0.2) is 16.7 Å². The third kappa shape index (κ3) is 3.89. The van der Waals surface area contributed by atoms with E-state index in [-0.39, 0.29) is 5.25 Å². The second kappa shape index (κ2) is 6.10. The van der Waals surface area contributed by atoms with Crippen molar-refractivity contribution in [2.45, 2.75) is 49.3 Å². The van der Waals surface area contributed by atoms with E-state index in [0.717, 1.165) is 30.7 Å². The van der Waals surface area contributed by atoms with Crippen LogP contribution in [0.1, 0.15) is 31.7 Å². The maximum Gasteiger partial charge on any atom is 0.113 e. The molecule has 0 bridgehead atoms. The Morgan fingerprint density at radius 1 is 1.35 bits per heavy atom. The zero-order valence-electron chi connectivity index (χ0n) is 10.0. The molecule has 1 aliphatic heterocycles. The summed E-state index contributed by atoms with van der Waals surface area (Å²) in [5.74, 6) is 0. The van der Waals surface area contributed by atoms with Crippen molar-refractivity contribution in [2.24, 2.45) is 0 Å². The maximum absolute atomic E-state index is 13.3. The lowest BCUT2D eigenvalue weighted by atomic mass is 10.0. The molecule has 0 nitrogen and oxygen atoms in total. The third-order valence-corrected chi connectivity index (χ3v) is 5.10. The van der Waals surface area contributed by atoms with Gasteiger partial charge >= 0.3 is 0 Å². The number of thioether (sulfide) groups is 1. The summed E-state index contributed by atoms with van der Waals surface area (Å²) in [6.45, 7) is 1.99. The topological polar surface area (TPSA) is 0 Å². The number of rotatable bonds is 4. The Morgan fingerprint density at radius 2 is 2.06 bits per heavy atom. The van der Waals surface area contributed by atoms with E-state index in [9.17, 15) is 4.39 Å². The van der Waals surface area contributed by atoms with E-state index < -0.39 is 6.17 Å². The average molecular weight is 273 g/mol. The number of hydrogen-bond acceptors (Lipinski definition) is 1. The van der Waals surface area contributed by atoms with Gasteiger partial charge in [-0.15, -0.1) is 0 Å². The van der Waals surface area contributed by atoms with E-state index in [1.165, 1.54) is 5.56 Å². The van der Waals surface area contributed by atoms with Gasteiger partial charge in [-0.3, -0.25) is 0 Å². The van der Waals surface area contributed by atoms with E-state index in [2.05, 4.69) is 12.1 Å². The lowest BCUT2D eigenvalue weighted by Gasteiger charge is -2.08. The summed E-state index contributed by atoms with van der Waals surface area (Å²) in [4.78, 5) is 0. The van der Waals surface area contributed by atoms with E-state index in [4.69, 9.17) is 11.6 Å². The number of hydrogen-bond donors (Lipinski definition) is 0. The monoisotopic (exact) mass is 272 g/mol. The highest BCUT2D eigenvalue weighted by Crippen LogP contribution is 2.38. The van der Waals surface area contributed by atoms with Gasteiger partial charge in [-0.2, -0.15) is 11.8 Å². The fourth-order valence-corrected chi connectivity index (χ4v) is 3.87. The molecule has 3 heteroatoms. The van der Waals surface area contributed by atoms with Crippen molar-refractivity contribution < 1.29 is 4.39 Å². The lowest BCUT2D eigenvalue weighted by molar-refractivity contribution is 0.323. The first-order chi connectivity index (χ1) is 8.15. The van der Waals surface area contributed by atoms with Gasteiger partial charge in [0, 0.05) is 15.5 Å². The second-order valence-electron chi connectivity index (χ2n) is 4.73. The van der Waals surface area contributed by atoms with Crippen molar-refractivity contribution in [3.63, 3.8) is 0 Å². The van der Waals surface area contributed by atoms with Crippen LogP contribution in [0.2, 0.25) is 5.02 Å². The Morgan fingerprint density at radius 3 is 2.65 bits per heavy atom. The van der Waals surface area contributed by atoms with Crippen LogP contribution in [0, 0.1) is 0 Å². The summed E-state index contributed by atoms with van der Waals surface area (Å²) in [6.07, 6.45) is 3.48. The standard InChI is InChI=1S/C14H18ClFS/c1-10-14(16)9-13(17-10)4-2-3-11-5-7-12(15)8-6-11/h5-8,10,13-14H,2-4,9H2,1H3. The fraction of sp³-hybridized carbons (Fsp3) is 0.571. The van der Waals surface area contributed by atoms with Gasteiger partial charge in [-0.25, -0.2) is 4.39 Å². The van der Waals surface area contributed by atoms with Crippen molar-refractivity contribution in [3.05, 3.63) is 34.9 Å². The molecule has 94 valence electrons. The van der Waals surface area contributed by atoms with E-state index in [1.54, 1.807) is 0 Å². The van der Waals surface area contributed by atoms with Gasteiger partial charge in [-0.05, 0) is 43.4 Å². The van der Waals surface area contributed by atoms with Gasteiger partial charge in [0.25, 0.3) is 0 Å². The molecule has 0 saturated carbocycles. The van der Waals surface area contributed by atoms with Gasteiger partial charge in [0.2, 0.25) is 0 Å². The molecule has 1 fully saturated rings. The van der Waals surface area contributed by atoms with Crippen LogP contribution >= 0.6 is 23.4 Å². The average Bonchev–Trinajstić information content (AvgIpc) is 2.61. The molecular formula is C14H18ClFS. The van der Waals surface area contributed by atoms with E-state index in [1.807, 2.05) is 30.8 Å².